The van der Waals surface area contributed by atoms with Crippen LogP contribution in [0.4, 0.5) is 0 Å². The number of amides is 1. The predicted molar refractivity (Wildman–Crippen MR) is 79.3 cm³/mol. The third-order valence-corrected chi connectivity index (χ3v) is 4.00. The van der Waals surface area contributed by atoms with Gasteiger partial charge in [0.25, 0.3) is 0 Å². The van der Waals surface area contributed by atoms with Crippen LogP contribution in [0, 0.1) is 0 Å². The highest BCUT2D eigenvalue weighted by Gasteiger charge is 2.22. The number of aliphatic hydroxyl groups is 1. The largest absolute Gasteiger partial charge is 0.387 e. The van der Waals surface area contributed by atoms with E-state index < -0.39 is 6.10 Å². The van der Waals surface area contributed by atoms with Gasteiger partial charge in [0.1, 0.15) is 0 Å². The molecule has 1 saturated heterocycles. The van der Waals surface area contributed by atoms with Crippen LogP contribution < -0.4 is 0 Å². The molecule has 1 aliphatic heterocycles. The summed E-state index contributed by atoms with van der Waals surface area (Å²) >= 11 is 0. The Morgan fingerprint density at radius 3 is 2.75 bits per heavy atom. The van der Waals surface area contributed by atoms with Crippen molar-refractivity contribution in [3.05, 3.63) is 48.0 Å². The summed E-state index contributed by atoms with van der Waals surface area (Å²) in [5, 5.41) is 12.7. The summed E-state index contributed by atoms with van der Waals surface area (Å²) in [5.74, 6) is 0.163. The highest BCUT2D eigenvalue weighted by atomic mass is 16.3. The lowest BCUT2D eigenvalue weighted by atomic mass is 9.99. The number of rotatable bonds is 3. The highest BCUT2D eigenvalue weighted by Crippen LogP contribution is 2.25. The molecule has 20 heavy (non-hydrogen) atoms. The van der Waals surface area contributed by atoms with E-state index in [0.717, 1.165) is 35.7 Å². The number of aliphatic hydroxyl groups excluding tert-OH is 1. The van der Waals surface area contributed by atoms with Crippen LogP contribution in [-0.4, -0.2) is 29.0 Å². The minimum atomic E-state index is -0.622. The molecule has 0 spiro atoms. The van der Waals surface area contributed by atoms with Crippen LogP contribution in [-0.2, 0) is 4.79 Å². The van der Waals surface area contributed by atoms with Gasteiger partial charge in [-0.15, -0.1) is 0 Å². The molecule has 0 aromatic heterocycles. The number of benzene rings is 2. The summed E-state index contributed by atoms with van der Waals surface area (Å²) < 4.78 is 0. The van der Waals surface area contributed by atoms with Gasteiger partial charge in [0.2, 0.25) is 5.91 Å². The molecule has 1 fully saturated rings. The van der Waals surface area contributed by atoms with Crippen molar-refractivity contribution in [1.82, 2.24) is 4.90 Å². The van der Waals surface area contributed by atoms with E-state index in [1.807, 2.05) is 42.5 Å². The van der Waals surface area contributed by atoms with Crippen LogP contribution in [0.1, 0.15) is 30.9 Å². The van der Waals surface area contributed by atoms with Crippen LogP contribution in [0.25, 0.3) is 10.8 Å². The van der Waals surface area contributed by atoms with Crippen molar-refractivity contribution in [2.45, 2.75) is 25.4 Å². The first kappa shape index (κ1) is 13.1. The van der Waals surface area contributed by atoms with Crippen LogP contribution in [0.3, 0.4) is 0 Å². The monoisotopic (exact) mass is 269 g/mol. The Morgan fingerprint density at radius 1 is 1.10 bits per heavy atom. The van der Waals surface area contributed by atoms with E-state index in [1.54, 1.807) is 4.90 Å². The first-order valence-corrected chi connectivity index (χ1v) is 7.19. The second kappa shape index (κ2) is 5.63. The van der Waals surface area contributed by atoms with E-state index in [1.165, 1.54) is 0 Å². The van der Waals surface area contributed by atoms with E-state index in [0.29, 0.717) is 13.0 Å². The molecule has 1 aliphatic rings. The molecule has 1 amide bonds. The second-order valence-corrected chi connectivity index (χ2v) is 5.38. The van der Waals surface area contributed by atoms with Crippen LogP contribution in [0.2, 0.25) is 0 Å². The Balaban J connectivity index is 1.85. The first-order chi connectivity index (χ1) is 9.75. The normalized spacial score (nSPS) is 17.4. The number of hydrogen-bond acceptors (Lipinski definition) is 2. The van der Waals surface area contributed by atoms with Crippen molar-refractivity contribution in [2.24, 2.45) is 0 Å². The molecule has 0 saturated carbocycles. The molecule has 2 aromatic carbocycles. The average Bonchev–Trinajstić information content (AvgIpc) is 2.49. The standard InChI is InChI=1S/C17H19NO2/c19-16(12-18-11-4-3-10-17(18)20)15-9-5-7-13-6-1-2-8-14(13)15/h1-2,5-9,16,19H,3-4,10-12H2. The fourth-order valence-corrected chi connectivity index (χ4v) is 2.90. The molecule has 0 aliphatic carbocycles. The Kier molecular flexibility index (Phi) is 3.70. The third kappa shape index (κ3) is 2.54. The molecule has 1 atom stereocenters. The summed E-state index contributed by atoms with van der Waals surface area (Å²) in [6, 6.07) is 14.0. The number of hydrogen-bond donors (Lipinski definition) is 1. The van der Waals surface area contributed by atoms with Gasteiger partial charge in [-0.2, -0.15) is 0 Å². The number of carbonyl (C=O) groups is 1. The van der Waals surface area contributed by atoms with Gasteiger partial charge in [-0.25, -0.2) is 0 Å². The summed E-state index contributed by atoms with van der Waals surface area (Å²) in [6.07, 6.45) is 2.00. The maximum absolute atomic E-state index is 11.8. The second-order valence-electron chi connectivity index (χ2n) is 5.38. The number of piperidine rings is 1. The molecular formula is C17H19NO2. The van der Waals surface area contributed by atoms with Gasteiger partial charge < -0.3 is 10.0 Å². The maximum Gasteiger partial charge on any atom is 0.222 e. The van der Waals surface area contributed by atoms with E-state index in [2.05, 4.69) is 0 Å². The molecule has 3 heteroatoms. The molecule has 2 aromatic rings. The Morgan fingerprint density at radius 2 is 1.90 bits per heavy atom. The number of nitrogens with zero attached hydrogens (tertiary/aromatic N) is 1. The van der Waals surface area contributed by atoms with Crippen molar-refractivity contribution in [3.63, 3.8) is 0 Å². The number of carbonyl (C=O) groups excluding carboxylic acids is 1. The molecule has 0 bridgehead atoms. The molecule has 0 radical (unpaired) electrons. The lowest BCUT2D eigenvalue weighted by Crippen LogP contribution is -2.38. The van der Waals surface area contributed by atoms with Crippen molar-refractivity contribution in [3.8, 4) is 0 Å². The van der Waals surface area contributed by atoms with Gasteiger partial charge in [0.05, 0.1) is 12.6 Å². The lowest BCUT2D eigenvalue weighted by molar-refractivity contribution is -0.134. The van der Waals surface area contributed by atoms with E-state index in [4.69, 9.17) is 0 Å². The van der Waals surface area contributed by atoms with Crippen molar-refractivity contribution in [2.75, 3.05) is 13.1 Å². The van der Waals surface area contributed by atoms with Gasteiger partial charge >= 0.3 is 0 Å². The summed E-state index contributed by atoms with van der Waals surface area (Å²) in [6.45, 7) is 1.16. The molecule has 1 unspecified atom stereocenters. The molecule has 3 rings (SSSR count). The van der Waals surface area contributed by atoms with E-state index >= 15 is 0 Å². The maximum atomic E-state index is 11.8. The lowest BCUT2D eigenvalue weighted by Gasteiger charge is -2.29. The zero-order valence-corrected chi connectivity index (χ0v) is 11.5. The van der Waals surface area contributed by atoms with Gasteiger partial charge in [0, 0.05) is 13.0 Å². The zero-order valence-electron chi connectivity index (χ0n) is 11.5. The van der Waals surface area contributed by atoms with Gasteiger partial charge in [-0.05, 0) is 29.2 Å². The molecule has 1 heterocycles. The highest BCUT2D eigenvalue weighted by molar-refractivity contribution is 5.86. The number of fused-ring (bicyclic) bond motifs is 1. The van der Waals surface area contributed by atoms with Crippen LogP contribution in [0.5, 0.6) is 0 Å². The van der Waals surface area contributed by atoms with E-state index in [9.17, 15) is 9.90 Å². The summed E-state index contributed by atoms with van der Waals surface area (Å²) in [5.41, 5.74) is 0.904. The minimum absolute atomic E-state index is 0.163. The number of likely N-dealkylation sites (tertiary alicyclic amines) is 1. The number of β-amino-alcohol motifs (C(OH)–C–C–N with tert-alkyl or cyclic N) is 1. The summed E-state index contributed by atoms with van der Waals surface area (Å²) in [4.78, 5) is 13.6. The molecule has 1 N–H and O–H groups in total. The van der Waals surface area contributed by atoms with Crippen molar-refractivity contribution in [1.29, 1.82) is 0 Å². The SMILES string of the molecule is O=C1CCCCN1CC(O)c1cccc2ccccc12. The van der Waals surface area contributed by atoms with Gasteiger partial charge in [-0.3, -0.25) is 4.79 Å². The fraction of sp³-hybridized carbons (Fsp3) is 0.353. The van der Waals surface area contributed by atoms with Crippen LogP contribution in [0.15, 0.2) is 42.5 Å². The van der Waals surface area contributed by atoms with Crippen molar-refractivity contribution < 1.29 is 9.90 Å². The van der Waals surface area contributed by atoms with Gasteiger partial charge in [0.15, 0.2) is 0 Å². The van der Waals surface area contributed by atoms with E-state index in [-0.39, 0.29) is 5.91 Å². The Bertz CT molecular complexity index is 618. The van der Waals surface area contributed by atoms with Gasteiger partial charge in [-0.1, -0.05) is 42.5 Å². The summed E-state index contributed by atoms with van der Waals surface area (Å²) in [7, 11) is 0. The quantitative estimate of drug-likeness (QED) is 0.930. The topological polar surface area (TPSA) is 40.5 Å². The Hall–Kier alpha value is -1.87. The smallest absolute Gasteiger partial charge is 0.222 e. The Labute approximate surface area is 118 Å². The molecule has 3 nitrogen and oxygen atoms in total. The first-order valence-electron chi connectivity index (χ1n) is 7.19. The molecular weight excluding hydrogens is 250 g/mol. The minimum Gasteiger partial charge on any atom is -0.387 e. The van der Waals surface area contributed by atoms with Crippen molar-refractivity contribution >= 4 is 16.7 Å². The molecule has 104 valence electrons. The predicted octanol–water partition coefficient (Wildman–Crippen LogP) is 2.89. The fourth-order valence-electron chi connectivity index (χ4n) is 2.90. The third-order valence-electron chi connectivity index (χ3n) is 4.00. The average molecular weight is 269 g/mol. The zero-order chi connectivity index (χ0) is 13.9. The van der Waals surface area contributed by atoms with Crippen LogP contribution >= 0.6 is 0 Å².